The van der Waals surface area contributed by atoms with Crippen molar-refractivity contribution in [2.75, 3.05) is 7.11 Å². The number of ether oxygens (including phenoxy) is 1. The molecule has 1 amide bonds. The summed E-state index contributed by atoms with van der Waals surface area (Å²) in [5.41, 5.74) is 7.73. The van der Waals surface area contributed by atoms with Crippen molar-refractivity contribution in [1.29, 1.82) is 0 Å². The number of benzene rings is 2. The molecule has 102 valence electrons. The number of carbonyl (C=O) groups excluding carboxylic acids is 2. The number of ketones is 1. The number of Topliss-reactive ketones (excluding diaryl/α,β-unsaturated/α-hetero) is 1. The summed E-state index contributed by atoms with van der Waals surface area (Å²) in [5, 5.41) is 0. The maximum absolute atomic E-state index is 11.7. The molecule has 2 N–H and O–H groups in total. The van der Waals surface area contributed by atoms with E-state index in [1.807, 2.05) is 6.07 Å². The van der Waals surface area contributed by atoms with Crippen LogP contribution >= 0.6 is 0 Å². The highest BCUT2D eigenvalue weighted by atomic mass is 16.5. The van der Waals surface area contributed by atoms with Gasteiger partial charge in [0.1, 0.15) is 5.75 Å². The Bertz CT molecular complexity index is 677. The SMILES string of the molecule is COc1ccc(-c2ccccc2C(N)=O)cc1C(C)=O. The van der Waals surface area contributed by atoms with E-state index in [9.17, 15) is 9.59 Å². The van der Waals surface area contributed by atoms with Crippen LogP contribution in [0.3, 0.4) is 0 Å². The number of primary amides is 1. The molecular weight excluding hydrogens is 254 g/mol. The Hall–Kier alpha value is -2.62. The molecule has 0 atom stereocenters. The molecule has 4 nitrogen and oxygen atoms in total. The van der Waals surface area contributed by atoms with E-state index >= 15 is 0 Å². The monoisotopic (exact) mass is 269 g/mol. The number of methoxy groups -OCH3 is 1. The maximum Gasteiger partial charge on any atom is 0.249 e. The third kappa shape index (κ3) is 2.54. The Kier molecular flexibility index (Phi) is 3.84. The molecule has 2 aromatic carbocycles. The molecule has 0 aliphatic heterocycles. The van der Waals surface area contributed by atoms with Crippen LogP contribution in [0.4, 0.5) is 0 Å². The van der Waals surface area contributed by atoms with Crippen LogP contribution in [0.5, 0.6) is 5.75 Å². The molecule has 2 aromatic rings. The molecule has 0 bridgehead atoms. The third-order valence-electron chi connectivity index (χ3n) is 3.08. The molecule has 0 heterocycles. The summed E-state index contributed by atoms with van der Waals surface area (Å²) >= 11 is 0. The minimum atomic E-state index is -0.499. The standard InChI is InChI=1S/C16H15NO3/c1-10(18)14-9-11(7-8-15(14)20-2)12-5-3-4-6-13(12)16(17)19/h3-9H,1-2H3,(H2,17,19). The van der Waals surface area contributed by atoms with Gasteiger partial charge in [0.05, 0.1) is 12.7 Å². The zero-order valence-corrected chi connectivity index (χ0v) is 11.3. The van der Waals surface area contributed by atoms with Crippen LogP contribution in [0.1, 0.15) is 27.6 Å². The average molecular weight is 269 g/mol. The minimum Gasteiger partial charge on any atom is -0.496 e. The van der Waals surface area contributed by atoms with Crippen LogP contribution in [0.25, 0.3) is 11.1 Å². The molecule has 0 aromatic heterocycles. The van der Waals surface area contributed by atoms with Crippen LogP contribution < -0.4 is 10.5 Å². The van der Waals surface area contributed by atoms with Gasteiger partial charge in [-0.1, -0.05) is 24.3 Å². The second-order valence-electron chi connectivity index (χ2n) is 4.38. The topological polar surface area (TPSA) is 69.4 Å². The van der Waals surface area contributed by atoms with Gasteiger partial charge < -0.3 is 10.5 Å². The van der Waals surface area contributed by atoms with Crippen molar-refractivity contribution in [3.05, 3.63) is 53.6 Å². The Morgan fingerprint density at radius 1 is 1.05 bits per heavy atom. The highest BCUT2D eigenvalue weighted by Crippen LogP contribution is 2.29. The van der Waals surface area contributed by atoms with E-state index in [1.54, 1.807) is 36.4 Å². The largest absolute Gasteiger partial charge is 0.496 e. The number of rotatable bonds is 4. The minimum absolute atomic E-state index is 0.0970. The van der Waals surface area contributed by atoms with Gasteiger partial charge in [-0.15, -0.1) is 0 Å². The van der Waals surface area contributed by atoms with Crippen LogP contribution in [0, 0.1) is 0 Å². The normalized spacial score (nSPS) is 10.1. The Morgan fingerprint density at radius 3 is 2.35 bits per heavy atom. The molecule has 0 saturated carbocycles. The Morgan fingerprint density at radius 2 is 1.75 bits per heavy atom. The zero-order valence-electron chi connectivity index (χ0n) is 11.3. The number of carbonyl (C=O) groups is 2. The van der Waals surface area contributed by atoms with Gasteiger partial charge >= 0.3 is 0 Å². The summed E-state index contributed by atoms with van der Waals surface area (Å²) in [6.07, 6.45) is 0. The second kappa shape index (κ2) is 5.57. The second-order valence-corrected chi connectivity index (χ2v) is 4.38. The molecule has 0 radical (unpaired) electrons. The van der Waals surface area contributed by atoms with Gasteiger partial charge in [-0.05, 0) is 36.2 Å². The first-order valence-electron chi connectivity index (χ1n) is 6.12. The molecule has 0 fully saturated rings. The van der Waals surface area contributed by atoms with Crippen molar-refractivity contribution >= 4 is 11.7 Å². The van der Waals surface area contributed by atoms with Gasteiger partial charge in [0.15, 0.2) is 5.78 Å². The lowest BCUT2D eigenvalue weighted by Gasteiger charge is -2.11. The average Bonchev–Trinajstić information content (AvgIpc) is 2.46. The lowest BCUT2D eigenvalue weighted by molar-refractivity contribution is 0.0996. The summed E-state index contributed by atoms with van der Waals surface area (Å²) in [5.74, 6) is -0.0844. The quantitative estimate of drug-likeness (QED) is 0.867. The van der Waals surface area contributed by atoms with Gasteiger partial charge in [0.25, 0.3) is 0 Å². The van der Waals surface area contributed by atoms with E-state index in [0.717, 1.165) is 5.56 Å². The molecule has 4 heteroatoms. The van der Waals surface area contributed by atoms with Gasteiger partial charge in [-0.2, -0.15) is 0 Å². The fourth-order valence-electron chi connectivity index (χ4n) is 2.10. The maximum atomic E-state index is 11.7. The predicted molar refractivity (Wildman–Crippen MR) is 77.0 cm³/mol. The fourth-order valence-corrected chi connectivity index (χ4v) is 2.10. The van der Waals surface area contributed by atoms with Gasteiger partial charge in [0, 0.05) is 5.56 Å². The molecule has 2 rings (SSSR count). The first kappa shape index (κ1) is 13.8. The zero-order chi connectivity index (χ0) is 14.7. The summed E-state index contributed by atoms with van der Waals surface area (Å²) in [6, 6.07) is 12.2. The van der Waals surface area contributed by atoms with Crippen LogP contribution in [0.2, 0.25) is 0 Å². The van der Waals surface area contributed by atoms with E-state index in [2.05, 4.69) is 0 Å². The fraction of sp³-hybridized carbons (Fsp3) is 0.125. The van der Waals surface area contributed by atoms with Gasteiger partial charge in [-0.25, -0.2) is 0 Å². The third-order valence-corrected chi connectivity index (χ3v) is 3.08. The molecule has 0 aliphatic carbocycles. The summed E-state index contributed by atoms with van der Waals surface area (Å²) in [4.78, 5) is 23.1. The first-order chi connectivity index (χ1) is 9.54. The van der Waals surface area contributed by atoms with Crippen molar-refractivity contribution in [3.63, 3.8) is 0 Å². The summed E-state index contributed by atoms with van der Waals surface area (Å²) in [6.45, 7) is 1.47. The van der Waals surface area contributed by atoms with Crippen molar-refractivity contribution in [3.8, 4) is 16.9 Å². The molecule has 0 saturated heterocycles. The summed E-state index contributed by atoms with van der Waals surface area (Å²) < 4.78 is 5.16. The van der Waals surface area contributed by atoms with Crippen LogP contribution in [0.15, 0.2) is 42.5 Å². The smallest absolute Gasteiger partial charge is 0.249 e. The van der Waals surface area contributed by atoms with Crippen molar-refractivity contribution in [2.24, 2.45) is 5.73 Å². The lowest BCUT2D eigenvalue weighted by Crippen LogP contribution is -2.12. The molecule has 0 spiro atoms. The number of amides is 1. The Balaban J connectivity index is 2.62. The number of hydrogen-bond donors (Lipinski definition) is 1. The first-order valence-corrected chi connectivity index (χ1v) is 6.12. The van der Waals surface area contributed by atoms with Crippen LogP contribution in [-0.4, -0.2) is 18.8 Å². The van der Waals surface area contributed by atoms with Crippen molar-refractivity contribution < 1.29 is 14.3 Å². The summed E-state index contributed by atoms with van der Waals surface area (Å²) in [7, 11) is 1.51. The lowest BCUT2D eigenvalue weighted by atomic mass is 9.96. The molecule has 20 heavy (non-hydrogen) atoms. The van der Waals surface area contributed by atoms with Gasteiger partial charge in [0.2, 0.25) is 5.91 Å². The molecule has 0 unspecified atom stereocenters. The predicted octanol–water partition coefficient (Wildman–Crippen LogP) is 2.66. The molecular formula is C16H15NO3. The molecule has 0 aliphatic rings. The van der Waals surface area contributed by atoms with E-state index in [0.29, 0.717) is 22.4 Å². The van der Waals surface area contributed by atoms with Crippen LogP contribution in [-0.2, 0) is 0 Å². The highest BCUT2D eigenvalue weighted by Gasteiger charge is 2.13. The number of nitrogens with two attached hydrogens (primary N) is 1. The van der Waals surface area contributed by atoms with E-state index in [4.69, 9.17) is 10.5 Å². The van der Waals surface area contributed by atoms with Crippen molar-refractivity contribution in [1.82, 2.24) is 0 Å². The van der Waals surface area contributed by atoms with E-state index < -0.39 is 5.91 Å². The van der Waals surface area contributed by atoms with Gasteiger partial charge in [-0.3, -0.25) is 9.59 Å². The van der Waals surface area contributed by atoms with E-state index in [-0.39, 0.29) is 5.78 Å². The van der Waals surface area contributed by atoms with Crippen molar-refractivity contribution in [2.45, 2.75) is 6.92 Å². The highest BCUT2D eigenvalue weighted by molar-refractivity contribution is 6.02. The number of hydrogen-bond acceptors (Lipinski definition) is 3. The van der Waals surface area contributed by atoms with E-state index in [1.165, 1.54) is 14.0 Å². The Labute approximate surface area is 117 Å².